The molecule has 2 aromatic carbocycles. The molecular formula is C15H17FN2O. The zero-order valence-electron chi connectivity index (χ0n) is 11.0. The summed E-state index contributed by atoms with van der Waals surface area (Å²) in [4.78, 5) is 12.1. The Hall–Kier alpha value is -1.94. The van der Waals surface area contributed by atoms with Crippen molar-refractivity contribution in [2.24, 2.45) is 5.73 Å². The summed E-state index contributed by atoms with van der Waals surface area (Å²) in [5.74, 6) is -0.568. The van der Waals surface area contributed by atoms with Gasteiger partial charge in [0.1, 0.15) is 5.82 Å². The average Bonchev–Trinajstić information content (AvgIpc) is 2.36. The summed E-state index contributed by atoms with van der Waals surface area (Å²) in [6.07, 6.45) is 0. The van der Waals surface area contributed by atoms with Crippen molar-refractivity contribution in [3.05, 3.63) is 47.8 Å². The van der Waals surface area contributed by atoms with Gasteiger partial charge in [0.2, 0.25) is 0 Å². The molecule has 0 saturated heterocycles. The Morgan fingerprint density at radius 3 is 2.47 bits per heavy atom. The predicted molar refractivity (Wildman–Crippen MR) is 74.5 cm³/mol. The zero-order chi connectivity index (χ0) is 14.0. The number of benzene rings is 2. The van der Waals surface area contributed by atoms with Crippen LogP contribution in [-0.4, -0.2) is 18.0 Å². The highest BCUT2D eigenvalue weighted by atomic mass is 19.1. The van der Waals surface area contributed by atoms with Gasteiger partial charge in [-0.25, -0.2) is 4.39 Å². The van der Waals surface area contributed by atoms with E-state index in [0.29, 0.717) is 22.9 Å². The maximum Gasteiger partial charge on any atom is 0.251 e. The van der Waals surface area contributed by atoms with Crippen LogP contribution >= 0.6 is 0 Å². The lowest BCUT2D eigenvalue weighted by Gasteiger charge is -2.19. The molecule has 1 amide bonds. The molecule has 3 nitrogen and oxygen atoms in total. The van der Waals surface area contributed by atoms with E-state index in [0.717, 1.165) is 0 Å². The number of hydrogen-bond donors (Lipinski definition) is 2. The van der Waals surface area contributed by atoms with Gasteiger partial charge in [0.25, 0.3) is 5.91 Å². The number of carbonyl (C=O) groups is 1. The number of nitrogens with two attached hydrogens (primary N) is 1. The lowest BCUT2D eigenvalue weighted by atomic mass is 10.0. The Morgan fingerprint density at radius 1 is 1.21 bits per heavy atom. The quantitative estimate of drug-likeness (QED) is 0.890. The molecule has 0 heterocycles. The molecule has 19 heavy (non-hydrogen) atoms. The van der Waals surface area contributed by atoms with Crippen LogP contribution in [0.2, 0.25) is 0 Å². The Bertz CT molecular complexity index is 617. The summed E-state index contributed by atoms with van der Waals surface area (Å²) >= 11 is 0. The molecule has 0 aliphatic rings. The van der Waals surface area contributed by atoms with Gasteiger partial charge in [0.05, 0.1) is 0 Å². The van der Waals surface area contributed by atoms with Crippen molar-refractivity contribution in [2.45, 2.75) is 19.4 Å². The number of nitrogens with one attached hydrogen (secondary N) is 1. The summed E-state index contributed by atoms with van der Waals surface area (Å²) in [5.41, 5.74) is 5.80. The number of rotatable bonds is 3. The Morgan fingerprint density at radius 2 is 1.84 bits per heavy atom. The SMILES string of the molecule is CC(C)(N)CNC(=O)c1ccc(F)c2ccccc12. The van der Waals surface area contributed by atoms with Gasteiger partial charge in [-0.15, -0.1) is 0 Å². The first kappa shape index (κ1) is 13.5. The summed E-state index contributed by atoms with van der Waals surface area (Å²) in [6.45, 7) is 4.02. The third-order valence-electron chi connectivity index (χ3n) is 2.82. The number of halogens is 1. The molecule has 2 aromatic rings. The minimum Gasteiger partial charge on any atom is -0.350 e. The van der Waals surface area contributed by atoms with Crippen LogP contribution in [0.3, 0.4) is 0 Å². The van der Waals surface area contributed by atoms with E-state index in [4.69, 9.17) is 5.73 Å². The van der Waals surface area contributed by atoms with E-state index < -0.39 is 5.54 Å². The lowest BCUT2D eigenvalue weighted by Crippen LogP contribution is -2.45. The van der Waals surface area contributed by atoms with Crippen molar-refractivity contribution < 1.29 is 9.18 Å². The second-order valence-corrected chi connectivity index (χ2v) is 5.31. The molecule has 0 aliphatic carbocycles. The molecule has 0 unspecified atom stereocenters. The maximum atomic E-state index is 13.7. The van der Waals surface area contributed by atoms with E-state index in [-0.39, 0.29) is 11.7 Å². The molecular weight excluding hydrogens is 243 g/mol. The molecule has 0 saturated carbocycles. The first-order valence-corrected chi connectivity index (χ1v) is 6.13. The fourth-order valence-corrected chi connectivity index (χ4v) is 1.86. The Balaban J connectivity index is 2.35. The minimum atomic E-state index is -0.481. The van der Waals surface area contributed by atoms with E-state index in [1.54, 1.807) is 24.3 Å². The minimum absolute atomic E-state index is 0.241. The highest BCUT2D eigenvalue weighted by molar-refractivity contribution is 6.07. The van der Waals surface area contributed by atoms with E-state index in [9.17, 15) is 9.18 Å². The largest absolute Gasteiger partial charge is 0.350 e. The summed E-state index contributed by atoms with van der Waals surface area (Å²) in [7, 11) is 0. The van der Waals surface area contributed by atoms with Crippen molar-refractivity contribution in [1.82, 2.24) is 5.32 Å². The molecule has 0 aromatic heterocycles. The van der Waals surface area contributed by atoms with Gasteiger partial charge in [-0.05, 0) is 31.4 Å². The van der Waals surface area contributed by atoms with Crippen LogP contribution < -0.4 is 11.1 Å². The summed E-state index contributed by atoms with van der Waals surface area (Å²) in [5, 5.41) is 3.82. The van der Waals surface area contributed by atoms with E-state index >= 15 is 0 Å². The van der Waals surface area contributed by atoms with E-state index in [1.165, 1.54) is 12.1 Å². The normalized spacial score (nSPS) is 11.6. The second-order valence-electron chi connectivity index (χ2n) is 5.31. The average molecular weight is 260 g/mol. The Kier molecular flexibility index (Phi) is 3.53. The van der Waals surface area contributed by atoms with E-state index in [1.807, 2.05) is 13.8 Å². The number of fused-ring (bicyclic) bond motifs is 1. The molecule has 0 spiro atoms. The van der Waals surface area contributed by atoms with Gasteiger partial charge < -0.3 is 11.1 Å². The lowest BCUT2D eigenvalue weighted by molar-refractivity contribution is 0.0947. The van der Waals surface area contributed by atoms with Crippen molar-refractivity contribution >= 4 is 16.7 Å². The Labute approximate surface area is 111 Å². The summed E-state index contributed by atoms with van der Waals surface area (Å²) < 4.78 is 13.7. The van der Waals surface area contributed by atoms with Crippen LogP contribution in [0.1, 0.15) is 24.2 Å². The van der Waals surface area contributed by atoms with Gasteiger partial charge in [0.15, 0.2) is 0 Å². The van der Waals surface area contributed by atoms with Gasteiger partial charge in [-0.3, -0.25) is 4.79 Å². The second kappa shape index (κ2) is 4.97. The number of hydrogen-bond acceptors (Lipinski definition) is 2. The molecule has 0 radical (unpaired) electrons. The molecule has 0 bridgehead atoms. The van der Waals surface area contributed by atoms with Gasteiger partial charge in [0, 0.05) is 23.0 Å². The highest BCUT2D eigenvalue weighted by Crippen LogP contribution is 2.21. The fraction of sp³-hybridized carbons (Fsp3) is 0.267. The summed E-state index contributed by atoms with van der Waals surface area (Å²) in [6, 6.07) is 9.73. The van der Waals surface area contributed by atoms with Crippen molar-refractivity contribution in [3.63, 3.8) is 0 Å². The van der Waals surface area contributed by atoms with Crippen LogP contribution in [0, 0.1) is 5.82 Å². The predicted octanol–water partition coefficient (Wildman–Crippen LogP) is 2.45. The third kappa shape index (κ3) is 3.09. The van der Waals surface area contributed by atoms with Crippen LogP contribution in [0.25, 0.3) is 10.8 Å². The van der Waals surface area contributed by atoms with Crippen LogP contribution in [0.15, 0.2) is 36.4 Å². The number of amides is 1. The van der Waals surface area contributed by atoms with Crippen LogP contribution in [0.4, 0.5) is 4.39 Å². The molecule has 4 heteroatoms. The third-order valence-corrected chi connectivity index (χ3v) is 2.82. The first-order chi connectivity index (χ1) is 8.88. The topological polar surface area (TPSA) is 55.1 Å². The van der Waals surface area contributed by atoms with Gasteiger partial charge in [-0.1, -0.05) is 24.3 Å². The number of carbonyl (C=O) groups excluding carboxylic acids is 1. The monoisotopic (exact) mass is 260 g/mol. The molecule has 2 rings (SSSR count). The van der Waals surface area contributed by atoms with Crippen molar-refractivity contribution in [2.75, 3.05) is 6.54 Å². The van der Waals surface area contributed by atoms with E-state index in [2.05, 4.69) is 5.32 Å². The standard InChI is InChI=1S/C15H17FN2O/c1-15(2,17)9-18-14(19)12-7-8-13(16)11-6-4-3-5-10(11)12/h3-8H,9,17H2,1-2H3,(H,18,19). The maximum absolute atomic E-state index is 13.7. The van der Waals surface area contributed by atoms with Crippen LogP contribution in [-0.2, 0) is 0 Å². The zero-order valence-corrected chi connectivity index (χ0v) is 11.0. The molecule has 3 N–H and O–H groups in total. The van der Waals surface area contributed by atoms with Crippen LogP contribution in [0.5, 0.6) is 0 Å². The molecule has 0 aliphatic heterocycles. The molecule has 0 atom stereocenters. The molecule has 0 fully saturated rings. The van der Waals surface area contributed by atoms with Gasteiger partial charge >= 0.3 is 0 Å². The fourth-order valence-electron chi connectivity index (χ4n) is 1.86. The molecule has 100 valence electrons. The van der Waals surface area contributed by atoms with Crippen molar-refractivity contribution in [1.29, 1.82) is 0 Å². The van der Waals surface area contributed by atoms with Crippen molar-refractivity contribution in [3.8, 4) is 0 Å². The van der Waals surface area contributed by atoms with Gasteiger partial charge in [-0.2, -0.15) is 0 Å². The highest BCUT2D eigenvalue weighted by Gasteiger charge is 2.15. The first-order valence-electron chi connectivity index (χ1n) is 6.13. The smallest absolute Gasteiger partial charge is 0.251 e.